The van der Waals surface area contributed by atoms with Gasteiger partial charge in [-0.25, -0.2) is 0 Å². The van der Waals surface area contributed by atoms with Gasteiger partial charge in [0, 0.05) is 17.5 Å². The molecule has 4 heteroatoms. The van der Waals surface area contributed by atoms with Crippen molar-refractivity contribution in [3.8, 4) is 11.8 Å². The topological polar surface area (TPSA) is 65.9 Å². The quantitative estimate of drug-likeness (QED) is 0.917. The van der Waals surface area contributed by atoms with E-state index in [-0.39, 0.29) is 11.5 Å². The number of nitrogens with zero attached hydrogens (tertiary/aromatic N) is 1. The molecule has 1 heterocycles. The molecule has 98 valence electrons. The minimum Gasteiger partial charge on any atom is -0.496 e. The molecule has 2 rings (SSSR count). The van der Waals surface area contributed by atoms with Crippen molar-refractivity contribution in [2.24, 2.45) is 5.92 Å². The number of hydrogen-bond acceptors (Lipinski definition) is 3. The summed E-state index contributed by atoms with van der Waals surface area (Å²) in [5, 5.41) is 9.79. The fourth-order valence-corrected chi connectivity index (χ4v) is 2.14. The fraction of sp³-hybridized carbons (Fsp3) is 0.333. The van der Waals surface area contributed by atoms with Gasteiger partial charge in [-0.05, 0) is 43.4 Å². The Morgan fingerprint density at radius 3 is 2.79 bits per heavy atom. The molecule has 1 atom stereocenters. The van der Waals surface area contributed by atoms with Gasteiger partial charge in [-0.2, -0.15) is 5.26 Å². The number of nitriles is 1. The van der Waals surface area contributed by atoms with Crippen molar-refractivity contribution >= 4 is 10.9 Å². The molecule has 1 aromatic heterocycles. The number of aromatic amines is 1. The van der Waals surface area contributed by atoms with Crippen LogP contribution in [0.3, 0.4) is 0 Å². The first-order chi connectivity index (χ1) is 9.05. The molecule has 0 aliphatic rings. The summed E-state index contributed by atoms with van der Waals surface area (Å²) >= 11 is 0. The lowest BCUT2D eigenvalue weighted by Crippen LogP contribution is -2.14. The third-order valence-corrected chi connectivity index (χ3v) is 3.18. The summed E-state index contributed by atoms with van der Waals surface area (Å²) in [7, 11) is 1.61. The number of benzene rings is 1. The van der Waals surface area contributed by atoms with Crippen molar-refractivity contribution in [3.05, 3.63) is 39.7 Å². The van der Waals surface area contributed by atoms with Crippen molar-refractivity contribution in [2.45, 2.75) is 20.3 Å². The smallest absolute Gasteiger partial charge is 0.251 e. The molecule has 0 amide bonds. The molecule has 0 fully saturated rings. The zero-order valence-corrected chi connectivity index (χ0v) is 11.3. The Labute approximate surface area is 111 Å². The first-order valence-corrected chi connectivity index (χ1v) is 6.15. The molecule has 0 radical (unpaired) electrons. The summed E-state index contributed by atoms with van der Waals surface area (Å²) in [6.07, 6.45) is 0.465. The molecule has 4 nitrogen and oxygen atoms in total. The number of ether oxygens (including phenoxy) is 1. The summed E-state index contributed by atoms with van der Waals surface area (Å²) in [5.41, 5.74) is 2.27. The van der Waals surface area contributed by atoms with E-state index in [2.05, 4.69) is 11.1 Å². The predicted molar refractivity (Wildman–Crippen MR) is 74.3 cm³/mol. The van der Waals surface area contributed by atoms with Crippen LogP contribution in [0.15, 0.2) is 23.0 Å². The van der Waals surface area contributed by atoms with Crippen LogP contribution in [0, 0.1) is 24.2 Å². The van der Waals surface area contributed by atoms with Crippen molar-refractivity contribution in [2.75, 3.05) is 7.11 Å². The summed E-state index contributed by atoms with van der Waals surface area (Å²) in [5.74, 6) is 0.583. The first kappa shape index (κ1) is 13.2. The van der Waals surface area contributed by atoms with Crippen molar-refractivity contribution < 1.29 is 4.74 Å². The van der Waals surface area contributed by atoms with Crippen LogP contribution in [-0.4, -0.2) is 12.1 Å². The highest BCUT2D eigenvalue weighted by Gasteiger charge is 2.09. The molecule has 1 N–H and O–H groups in total. The molecule has 0 unspecified atom stereocenters. The molecular formula is C15H16N2O2. The average molecular weight is 256 g/mol. The van der Waals surface area contributed by atoms with Crippen LogP contribution in [0.5, 0.6) is 5.75 Å². The number of methoxy groups -OCH3 is 1. The molecule has 0 bridgehead atoms. The summed E-state index contributed by atoms with van der Waals surface area (Å²) in [6, 6.07) is 7.80. The monoisotopic (exact) mass is 256 g/mol. The van der Waals surface area contributed by atoms with E-state index in [1.807, 2.05) is 32.0 Å². The maximum Gasteiger partial charge on any atom is 0.251 e. The molecule has 0 saturated carbocycles. The second kappa shape index (κ2) is 5.15. The number of aromatic nitrogens is 1. The van der Waals surface area contributed by atoms with Gasteiger partial charge in [0.25, 0.3) is 5.56 Å². The number of pyridine rings is 1. The van der Waals surface area contributed by atoms with Gasteiger partial charge >= 0.3 is 0 Å². The SMILES string of the molecule is COc1cc2[nH]c(=O)c(C[C@H](C)C#N)cc2cc1C. The largest absolute Gasteiger partial charge is 0.496 e. The number of rotatable bonds is 3. The molecule has 19 heavy (non-hydrogen) atoms. The molecule has 1 aromatic carbocycles. The Hall–Kier alpha value is -2.28. The van der Waals surface area contributed by atoms with Crippen LogP contribution in [0.1, 0.15) is 18.1 Å². The number of nitrogens with one attached hydrogen (secondary N) is 1. The van der Waals surface area contributed by atoms with E-state index in [0.717, 1.165) is 22.2 Å². The zero-order valence-electron chi connectivity index (χ0n) is 11.3. The van der Waals surface area contributed by atoms with Crippen LogP contribution in [0.4, 0.5) is 0 Å². The maximum absolute atomic E-state index is 12.0. The summed E-state index contributed by atoms with van der Waals surface area (Å²) in [4.78, 5) is 14.8. The third kappa shape index (κ3) is 2.60. The number of fused-ring (bicyclic) bond motifs is 1. The van der Waals surface area contributed by atoms with Gasteiger partial charge in [-0.3, -0.25) is 4.79 Å². The van der Waals surface area contributed by atoms with E-state index >= 15 is 0 Å². The van der Waals surface area contributed by atoms with E-state index in [1.165, 1.54) is 0 Å². The Morgan fingerprint density at radius 1 is 1.42 bits per heavy atom. The van der Waals surface area contributed by atoms with E-state index in [4.69, 9.17) is 10.00 Å². The van der Waals surface area contributed by atoms with E-state index in [0.29, 0.717) is 12.0 Å². The second-order valence-corrected chi connectivity index (χ2v) is 4.77. The molecule has 0 saturated heterocycles. The highest BCUT2D eigenvalue weighted by Crippen LogP contribution is 2.24. The molecule has 0 aliphatic heterocycles. The Bertz CT molecular complexity index is 710. The van der Waals surface area contributed by atoms with E-state index in [1.54, 1.807) is 7.11 Å². The summed E-state index contributed by atoms with van der Waals surface area (Å²) < 4.78 is 5.24. The number of aryl methyl sites for hydroxylation is 1. The van der Waals surface area contributed by atoms with Gasteiger partial charge in [-0.15, -0.1) is 0 Å². The van der Waals surface area contributed by atoms with Crippen LogP contribution in [0.25, 0.3) is 10.9 Å². The third-order valence-electron chi connectivity index (χ3n) is 3.18. The maximum atomic E-state index is 12.0. The molecular weight excluding hydrogens is 240 g/mol. The molecule has 0 aliphatic carbocycles. The van der Waals surface area contributed by atoms with Gasteiger partial charge < -0.3 is 9.72 Å². The number of H-pyrrole nitrogens is 1. The lowest BCUT2D eigenvalue weighted by molar-refractivity contribution is 0.412. The van der Waals surface area contributed by atoms with Gasteiger partial charge in [0.1, 0.15) is 5.75 Å². The minimum absolute atomic E-state index is 0.138. The lowest BCUT2D eigenvalue weighted by atomic mass is 10.0. The fourth-order valence-electron chi connectivity index (χ4n) is 2.14. The van der Waals surface area contributed by atoms with Crippen LogP contribution in [0.2, 0.25) is 0 Å². The predicted octanol–water partition coefficient (Wildman–Crippen LogP) is 2.55. The number of hydrogen-bond donors (Lipinski definition) is 1. The highest BCUT2D eigenvalue weighted by atomic mass is 16.5. The highest BCUT2D eigenvalue weighted by molar-refractivity contribution is 5.81. The first-order valence-electron chi connectivity index (χ1n) is 6.15. The van der Waals surface area contributed by atoms with Gasteiger partial charge in [0.15, 0.2) is 0 Å². The van der Waals surface area contributed by atoms with Crippen LogP contribution in [-0.2, 0) is 6.42 Å². The molecule has 0 spiro atoms. The zero-order chi connectivity index (χ0) is 14.0. The van der Waals surface area contributed by atoms with Crippen LogP contribution >= 0.6 is 0 Å². The van der Waals surface area contributed by atoms with E-state index < -0.39 is 0 Å². The van der Waals surface area contributed by atoms with Crippen molar-refractivity contribution in [1.82, 2.24) is 4.98 Å². The Balaban J connectivity index is 2.57. The van der Waals surface area contributed by atoms with Crippen LogP contribution < -0.4 is 10.3 Å². The van der Waals surface area contributed by atoms with Gasteiger partial charge in [0.2, 0.25) is 0 Å². The standard InChI is InChI=1S/C15H16N2O2/c1-9(8-16)4-12-6-11-5-10(2)14(19-3)7-13(11)17-15(12)18/h5-7,9H,4H2,1-3H3,(H,17,18)/t9-/m0/s1. The second-order valence-electron chi connectivity index (χ2n) is 4.77. The normalized spacial score (nSPS) is 12.1. The van der Waals surface area contributed by atoms with Gasteiger partial charge in [-0.1, -0.05) is 0 Å². The van der Waals surface area contributed by atoms with Crippen molar-refractivity contribution in [1.29, 1.82) is 5.26 Å². The Kier molecular flexibility index (Phi) is 3.57. The lowest BCUT2D eigenvalue weighted by Gasteiger charge is -2.08. The Morgan fingerprint density at radius 2 is 2.16 bits per heavy atom. The average Bonchev–Trinajstić information content (AvgIpc) is 2.39. The van der Waals surface area contributed by atoms with Crippen molar-refractivity contribution in [3.63, 3.8) is 0 Å². The van der Waals surface area contributed by atoms with E-state index in [9.17, 15) is 4.79 Å². The van der Waals surface area contributed by atoms with Gasteiger partial charge in [0.05, 0.1) is 18.7 Å². The molecule has 2 aromatic rings. The summed E-state index contributed by atoms with van der Waals surface area (Å²) in [6.45, 7) is 3.77. The minimum atomic E-state index is -0.169.